The fraction of sp³-hybridized carbons (Fsp3) is 0.412. The number of carbonyl (C=O) groups is 4. The van der Waals surface area contributed by atoms with Crippen molar-refractivity contribution in [2.75, 3.05) is 13.2 Å². The molecule has 0 heterocycles. The Bertz CT molecular complexity index is 708. The summed E-state index contributed by atoms with van der Waals surface area (Å²) in [6.07, 6.45) is 0.178. The number of rotatable bonds is 10. The zero-order chi connectivity index (χ0) is 21.3. The molecule has 0 aliphatic heterocycles. The molecule has 0 spiro atoms. The summed E-state index contributed by atoms with van der Waals surface area (Å²) in [7, 11) is 0. The molecule has 11 nitrogen and oxygen atoms in total. The molecule has 28 heavy (non-hydrogen) atoms. The summed E-state index contributed by atoms with van der Waals surface area (Å²) in [5.74, 6) is -3.43. The normalized spacial score (nSPS) is 13.7. The maximum Gasteiger partial charge on any atom is 0.322 e. The third-order valence-corrected chi connectivity index (χ3v) is 3.71. The number of aliphatic carboxylic acids is 1. The molecular formula is C17H24N4O7. The van der Waals surface area contributed by atoms with E-state index in [1.165, 1.54) is 19.1 Å². The fourth-order valence-electron chi connectivity index (χ4n) is 2.14. The maximum absolute atomic E-state index is 12.1. The molecule has 0 aromatic heterocycles. The highest BCUT2D eigenvalue weighted by molar-refractivity contribution is 5.93. The number of benzene rings is 1. The van der Waals surface area contributed by atoms with Gasteiger partial charge in [-0.05, 0) is 31.0 Å². The molecule has 3 amide bonds. The van der Waals surface area contributed by atoms with Gasteiger partial charge in [0.1, 0.15) is 24.4 Å². The number of nitrogens with one attached hydrogen (secondary N) is 3. The van der Waals surface area contributed by atoms with Crippen molar-refractivity contribution in [3.8, 4) is 5.75 Å². The van der Waals surface area contributed by atoms with Crippen LogP contribution in [0.4, 0.5) is 0 Å². The van der Waals surface area contributed by atoms with Gasteiger partial charge in [0.15, 0.2) is 0 Å². The Labute approximate surface area is 160 Å². The minimum Gasteiger partial charge on any atom is -0.508 e. The van der Waals surface area contributed by atoms with Gasteiger partial charge in [0.25, 0.3) is 0 Å². The van der Waals surface area contributed by atoms with Crippen molar-refractivity contribution in [2.45, 2.75) is 31.5 Å². The first-order chi connectivity index (χ1) is 13.1. The Hall–Kier alpha value is -3.18. The summed E-state index contributed by atoms with van der Waals surface area (Å²) in [5.41, 5.74) is 6.53. The number of carboxylic acid groups (broad SMARTS) is 1. The molecule has 1 aromatic rings. The number of aliphatic hydroxyl groups excluding tert-OH is 1. The van der Waals surface area contributed by atoms with E-state index in [2.05, 4.69) is 10.6 Å². The van der Waals surface area contributed by atoms with Crippen LogP contribution in [0.15, 0.2) is 24.3 Å². The van der Waals surface area contributed by atoms with Crippen molar-refractivity contribution in [1.82, 2.24) is 16.0 Å². The second-order valence-electron chi connectivity index (χ2n) is 6.06. The molecule has 1 rings (SSSR count). The minimum absolute atomic E-state index is 0.0814. The van der Waals surface area contributed by atoms with E-state index in [9.17, 15) is 29.4 Å². The lowest BCUT2D eigenvalue weighted by atomic mass is 10.1. The average molecular weight is 396 g/mol. The first kappa shape index (κ1) is 22.9. The Kier molecular flexibility index (Phi) is 8.85. The molecular weight excluding hydrogens is 372 g/mol. The van der Waals surface area contributed by atoms with Crippen LogP contribution in [0.5, 0.6) is 5.75 Å². The van der Waals surface area contributed by atoms with Gasteiger partial charge in [0.2, 0.25) is 17.7 Å². The van der Waals surface area contributed by atoms with Crippen molar-refractivity contribution in [2.24, 2.45) is 5.73 Å². The average Bonchev–Trinajstić information content (AvgIpc) is 2.65. The van der Waals surface area contributed by atoms with Crippen LogP contribution < -0.4 is 21.7 Å². The first-order valence-electron chi connectivity index (χ1n) is 8.38. The van der Waals surface area contributed by atoms with Crippen molar-refractivity contribution < 1.29 is 34.5 Å². The first-order valence-corrected chi connectivity index (χ1v) is 8.38. The Morgan fingerprint density at radius 1 is 1.04 bits per heavy atom. The quantitative estimate of drug-likeness (QED) is 0.225. The monoisotopic (exact) mass is 396 g/mol. The minimum atomic E-state index is -1.36. The van der Waals surface area contributed by atoms with Gasteiger partial charge in [0, 0.05) is 0 Å². The van der Waals surface area contributed by atoms with E-state index in [-0.39, 0.29) is 12.2 Å². The molecule has 3 unspecified atom stereocenters. The van der Waals surface area contributed by atoms with Gasteiger partial charge in [-0.2, -0.15) is 0 Å². The molecule has 0 aliphatic carbocycles. The fourth-order valence-corrected chi connectivity index (χ4v) is 2.14. The number of phenolic OH excluding ortho intramolecular Hbond substituents is 1. The molecule has 0 aliphatic rings. The van der Waals surface area contributed by atoms with Gasteiger partial charge in [0.05, 0.1) is 12.6 Å². The highest BCUT2D eigenvalue weighted by Crippen LogP contribution is 2.10. The van der Waals surface area contributed by atoms with Crippen molar-refractivity contribution >= 4 is 23.7 Å². The third kappa shape index (κ3) is 7.60. The number of hydrogen-bond donors (Lipinski definition) is 7. The Morgan fingerprint density at radius 3 is 2.18 bits per heavy atom. The number of carboxylic acids is 1. The van der Waals surface area contributed by atoms with Gasteiger partial charge in [-0.3, -0.25) is 19.2 Å². The summed E-state index contributed by atoms with van der Waals surface area (Å²) in [4.78, 5) is 46.4. The van der Waals surface area contributed by atoms with E-state index in [0.29, 0.717) is 5.56 Å². The lowest BCUT2D eigenvalue weighted by Crippen LogP contribution is -2.56. The van der Waals surface area contributed by atoms with Crippen molar-refractivity contribution in [3.05, 3.63) is 29.8 Å². The maximum atomic E-state index is 12.1. The van der Waals surface area contributed by atoms with Crippen LogP contribution in [0, 0.1) is 0 Å². The number of aliphatic hydroxyl groups is 1. The molecule has 0 fully saturated rings. The highest BCUT2D eigenvalue weighted by Gasteiger charge is 2.25. The lowest BCUT2D eigenvalue weighted by Gasteiger charge is -2.20. The van der Waals surface area contributed by atoms with E-state index in [1.807, 2.05) is 5.32 Å². The van der Waals surface area contributed by atoms with E-state index >= 15 is 0 Å². The van der Waals surface area contributed by atoms with Crippen LogP contribution in [0.25, 0.3) is 0 Å². The largest absolute Gasteiger partial charge is 0.508 e. The summed E-state index contributed by atoms with van der Waals surface area (Å²) < 4.78 is 0. The van der Waals surface area contributed by atoms with Crippen LogP contribution >= 0.6 is 0 Å². The van der Waals surface area contributed by atoms with E-state index in [4.69, 9.17) is 10.8 Å². The van der Waals surface area contributed by atoms with Gasteiger partial charge < -0.3 is 37.0 Å². The van der Waals surface area contributed by atoms with Gasteiger partial charge in [-0.15, -0.1) is 0 Å². The Balaban J connectivity index is 2.54. The molecule has 0 radical (unpaired) electrons. The second kappa shape index (κ2) is 10.8. The molecule has 3 atom stereocenters. The molecule has 0 saturated carbocycles. The zero-order valence-corrected chi connectivity index (χ0v) is 15.2. The van der Waals surface area contributed by atoms with Crippen molar-refractivity contribution in [3.63, 3.8) is 0 Å². The van der Waals surface area contributed by atoms with E-state index < -0.39 is 55.0 Å². The number of carbonyl (C=O) groups excluding carboxylic acids is 3. The standard InChI is InChI=1S/C17H24N4O7/c1-9(15(26)21-13(8-22)17(28)19-7-14(24)25)20-16(27)12(18)6-10-2-4-11(23)5-3-10/h2-5,9,12-13,22-23H,6-8,18H2,1H3,(H,19,28)(H,20,27)(H,21,26)(H,24,25). The number of aromatic hydroxyl groups is 1. The Morgan fingerprint density at radius 2 is 1.64 bits per heavy atom. The second-order valence-corrected chi connectivity index (χ2v) is 6.06. The smallest absolute Gasteiger partial charge is 0.322 e. The zero-order valence-electron chi connectivity index (χ0n) is 15.2. The number of phenols is 1. The number of hydrogen-bond acceptors (Lipinski definition) is 7. The number of amides is 3. The lowest BCUT2D eigenvalue weighted by molar-refractivity contribution is -0.138. The molecule has 0 bridgehead atoms. The van der Waals surface area contributed by atoms with Crippen LogP contribution in [-0.2, 0) is 25.6 Å². The number of nitrogens with two attached hydrogens (primary N) is 1. The van der Waals surface area contributed by atoms with Crippen LogP contribution in [0.2, 0.25) is 0 Å². The molecule has 11 heteroatoms. The molecule has 1 aromatic carbocycles. The molecule has 0 saturated heterocycles. The van der Waals surface area contributed by atoms with Crippen molar-refractivity contribution in [1.29, 1.82) is 0 Å². The van der Waals surface area contributed by atoms with Crippen LogP contribution in [-0.4, -0.2) is 70.3 Å². The summed E-state index contributed by atoms with van der Waals surface area (Å²) >= 11 is 0. The van der Waals surface area contributed by atoms with Crippen LogP contribution in [0.1, 0.15) is 12.5 Å². The highest BCUT2D eigenvalue weighted by atomic mass is 16.4. The third-order valence-electron chi connectivity index (χ3n) is 3.71. The topological polar surface area (TPSA) is 191 Å². The van der Waals surface area contributed by atoms with Crippen LogP contribution in [0.3, 0.4) is 0 Å². The SMILES string of the molecule is CC(NC(=O)C(N)Cc1ccc(O)cc1)C(=O)NC(CO)C(=O)NCC(=O)O. The predicted molar refractivity (Wildman–Crippen MR) is 97.1 cm³/mol. The molecule has 8 N–H and O–H groups in total. The van der Waals surface area contributed by atoms with E-state index in [1.54, 1.807) is 12.1 Å². The predicted octanol–water partition coefficient (Wildman–Crippen LogP) is -2.56. The van der Waals surface area contributed by atoms with E-state index in [0.717, 1.165) is 0 Å². The summed E-state index contributed by atoms with van der Waals surface area (Å²) in [6, 6.07) is 2.77. The summed E-state index contributed by atoms with van der Waals surface area (Å²) in [5, 5.41) is 33.6. The van der Waals surface area contributed by atoms with Gasteiger partial charge in [-0.1, -0.05) is 12.1 Å². The van der Waals surface area contributed by atoms with Gasteiger partial charge >= 0.3 is 5.97 Å². The van der Waals surface area contributed by atoms with Gasteiger partial charge in [-0.25, -0.2) is 0 Å². The molecule has 154 valence electrons. The summed E-state index contributed by atoms with van der Waals surface area (Å²) in [6.45, 7) is -0.0497.